The van der Waals surface area contributed by atoms with Gasteiger partial charge in [-0.15, -0.1) is 0 Å². The number of benzene rings is 2. The number of carbonyl (C=O) groups excluding carboxylic acids is 1. The van der Waals surface area contributed by atoms with E-state index in [1.54, 1.807) is 26.1 Å². The number of ether oxygens (including phenoxy) is 2. The van der Waals surface area contributed by atoms with E-state index in [0.29, 0.717) is 5.75 Å². The molecule has 2 rings (SSSR count). The van der Waals surface area contributed by atoms with Crippen LogP contribution in [0.5, 0.6) is 11.5 Å². The molecule has 140 valence electrons. The van der Waals surface area contributed by atoms with E-state index in [9.17, 15) is 9.90 Å². The molecule has 5 nitrogen and oxygen atoms in total. The Hall–Kier alpha value is -2.53. The number of aliphatic hydroxyl groups is 1. The van der Waals surface area contributed by atoms with Crippen molar-refractivity contribution < 1.29 is 19.4 Å². The van der Waals surface area contributed by atoms with Crippen LogP contribution >= 0.6 is 0 Å². The minimum atomic E-state index is -0.784. The van der Waals surface area contributed by atoms with Crippen LogP contribution in [0.1, 0.15) is 18.1 Å². The van der Waals surface area contributed by atoms with Gasteiger partial charge in [0.05, 0.1) is 0 Å². The van der Waals surface area contributed by atoms with Crippen molar-refractivity contribution in [2.24, 2.45) is 0 Å². The zero-order valence-electron chi connectivity index (χ0n) is 15.8. The normalized spacial score (nSPS) is 13.0. The second-order valence-electron chi connectivity index (χ2n) is 6.53. The molecule has 0 unspecified atom stereocenters. The minimum absolute atomic E-state index is 0.120. The number of hydrogen-bond acceptors (Lipinski definition) is 4. The van der Waals surface area contributed by atoms with Crippen molar-refractivity contribution in [1.29, 1.82) is 0 Å². The summed E-state index contributed by atoms with van der Waals surface area (Å²) in [6.45, 7) is 5.98. The van der Waals surface area contributed by atoms with E-state index >= 15 is 0 Å². The topological polar surface area (TPSA) is 59.0 Å². The zero-order valence-corrected chi connectivity index (χ0v) is 15.8. The highest BCUT2D eigenvalue weighted by atomic mass is 16.5. The number of nitrogens with zero attached hydrogens (tertiary/aromatic N) is 1. The fourth-order valence-corrected chi connectivity index (χ4v) is 2.67. The van der Waals surface area contributed by atoms with Crippen LogP contribution in [0.25, 0.3) is 0 Å². The lowest BCUT2D eigenvalue weighted by atomic mass is 10.1. The van der Waals surface area contributed by atoms with Gasteiger partial charge in [-0.1, -0.05) is 35.9 Å². The van der Waals surface area contributed by atoms with Gasteiger partial charge in [0.25, 0.3) is 5.91 Å². The second-order valence-corrected chi connectivity index (χ2v) is 6.53. The molecule has 0 aliphatic carbocycles. The monoisotopic (exact) mass is 357 g/mol. The molecule has 0 heterocycles. The van der Waals surface area contributed by atoms with E-state index < -0.39 is 12.2 Å². The van der Waals surface area contributed by atoms with E-state index in [2.05, 4.69) is 0 Å². The Labute approximate surface area is 155 Å². The van der Waals surface area contributed by atoms with Crippen molar-refractivity contribution in [2.75, 3.05) is 20.2 Å². The van der Waals surface area contributed by atoms with Gasteiger partial charge in [-0.3, -0.25) is 4.79 Å². The number of carbonyl (C=O) groups is 1. The van der Waals surface area contributed by atoms with Crippen molar-refractivity contribution >= 4 is 5.91 Å². The van der Waals surface area contributed by atoms with Crippen LogP contribution in [0.3, 0.4) is 0 Å². The number of likely N-dealkylation sites (N-methyl/N-ethyl adjacent to an activating group) is 1. The summed E-state index contributed by atoms with van der Waals surface area (Å²) in [7, 11) is 1.65. The van der Waals surface area contributed by atoms with Crippen LogP contribution in [-0.2, 0) is 4.79 Å². The van der Waals surface area contributed by atoms with Gasteiger partial charge in [-0.25, -0.2) is 0 Å². The first-order valence-electron chi connectivity index (χ1n) is 8.71. The summed E-state index contributed by atoms with van der Waals surface area (Å²) in [4.78, 5) is 13.9. The molecule has 2 aromatic rings. The summed E-state index contributed by atoms with van der Waals surface area (Å²) >= 11 is 0. The number of rotatable bonds is 8. The van der Waals surface area contributed by atoms with Crippen LogP contribution in [-0.4, -0.2) is 48.3 Å². The van der Waals surface area contributed by atoms with Crippen LogP contribution in [0.2, 0.25) is 0 Å². The Morgan fingerprint density at radius 2 is 1.85 bits per heavy atom. The van der Waals surface area contributed by atoms with E-state index in [4.69, 9.17) is 9.47 Å². The summed E-state index contributed by atoms with van der Waals surface area (Å²) in [6, 6.07) is 15.1. The maximum absolute atomic E-state index is 12.4. The summed E-state index contributed by atoms with van der Waals surface area (Å²) in [6.07, 6.45) is -1.41. The number of para-hydroxylation sites is 1. The summed E-state index contributed by atoms with van der Waals surface area (Å²) < 4.78 is 11.3. The maximum atomic E-state index is 12.4. The Morgan fingerprint density at radius 1 is 1.15 bits per heavy atom. The maximum Gasteiger partial charge on any atom is 0.263 e. The predicted molar refractivity (Wildman–Crippen MR) is 102 cm³/mol. The van der Waals surface area contributed by atoms with Crippen molar-refractivity contribution in [3.8, 4) is 11.5 Å². The molecule has 5 heteroatoms. The molecular formula is C21H27NO4. The molecule has 0 radical (unpaired) electrons. The number of aliphatic hydroxyl groups excluding tert-OH is 1. The molecule has 26 heavy (non-hydrogen) atoms. The van der Waals surface area contributed by atoms with Gasteiger partial charge >= 0.3 is 0 Å². The second kappa shape index (κ2) is 9.25. The SMILES string of the molecule is Cc1ccc(OC[C@H](O)CN(C)C(=O)[C@H](C)Oc2ccccc2)c(C)c1. The third kappa shape index (κ3) is 5.77. The van der Waals surface area contributed by atoms with E-state index in [0.717, 1.165) is 16.9 Å². The quantitative estimate of drug-likeness (QED) is 0.789. The van der Waals surface area contributed by atoms with Gasteiger partial charge in [0.2, 0.25) is 0 Å². The van der Waals surface area contributed by atoms with Gasteiger partial charge in [0, 0.05) is 13.6 Å². The third-order valence-corrected chi connectivity index (χ3v) is 4.03. The molecule has 0 bridgehead atoms. The summed E-state index contributed by atoms with van der Waals surface area (Å²) in [5.74, 6) is 1.18. The summed E-state index contributed by atoms with van der Waals surface area (Å²) in [5, 5.41) is 10.2. The highest BCUT2D eigenvalue weighted by molar-refractivity contribution is 5.80. The molecule has 0 aliphatic rings. The molecular weight excluding hydrogens is 330 g/mol. The number of hydrogen-bond donors (Lipinski definition) is 1. The molecule has 0 saturated carbocycles. The molecule has 0 saturated heterocycles. The molecule has 0 aliphatic heterocycles. The highest BCUT2D eigenvalue weighted by Crippen LogP contribution is 2.19. The number of amides is 1. The van der Waals surface area contributed by atoms with E-state index in [-0.39, 0.29) is 19.1 Å². The van der Waals surface area contributed by atoms with E-state index in [1.165, 1.54) is 4.90 Å². The average Bonchev–Trinajstić information content (AvgIpc) is 2.61. The molecule has 1 amide bonds. The molecule has 1 N–H and O–H groups in total. The van der Waals surface area contributed by atoms with Gasteiger partial charge in [-0.05, 0) is 44.5 Å². The van der Waals surface area contributed by atoms with Gasteiger partial charge in [-0.2, -0.15) is 0 Å². The molecule has 0 fully saturated rings. The molecule has 0 spiro atoms. The van der Waals surface area contributed by atoms with Gasteiger partial charge in [0.1, 0.15) is 24.2 Å². The van der Waals surface area contributed by atoms with Crippen molar-refractivity contribution in [1.82, 2.24) is 4.90 Å². The molecule has 2 atom stereocenters. The van der Waals surface area contributed by atoms with Crippen LogP contribution in [0.4, 0.5) is 0 Å². The average molecular weight is 357 g/mol. The standard InChI is InChI=1S/C21H27NO4/c1-15-10-11-20(16(2)12-15)25-14-18(23)13-22(4)21(24)17(3)26-19-8-6-5-7-9-19/h5-12,17-18,23H,13-14H2,1-4H3/t17-,18+/m0/s1. The fourth-order valence-electron chi connectivity index (χ4n) is 2.67. The Bertz CT molecular complexity index is 717. The van der Waals surface area contributed by atoms with Gasteiger partial charge in [0.15, 0.2) is 6.10 Å². The van der Waals surface area contributed by atoms with Crippen molar-refractivity contribution in [3.63, 3.8) is 0 Å². The smallest absolute Gasteiger partial charge is 0.263 e. The summed E-state index contributed by atoms with van der Waals surface area (Å²) in [5.41, 5.74) is 2.18. The predicted octanol–water partition coefficient (Wildman–Crippen LogP) is 2.97. The lowest BCUT2D eigenvalue weighted by Crippen LogP contribution is -2.43. The van der Waals surface area contributed by atoms with Crippen molar-refractivity contribution in [2.45, 2.75) is 33.0 Å². The first-order valence-corrected chi connectivity index (χ1v) is 8.71. The Balaban J connectivity index is 1.81. The molecule has 2 aromatic carbocycles. The van der Waals surface area contributed by atoms with Crippen LogP contribution in [0, 0.1) is 13.8 Å². The first-order chi connectivity index (χ1) is 12.4. The first kappa shape index (κ1) is 19.8. The Morgan fingerprint density at radius 3 is 2.50 bits per heavy atom. The lowest BCUT2D eigenvalue weighted by molar-refractivity contribution is -0.138. The molecule has 0 aromatic heterocycles. The largest absolute Gasteiger partial charge is 0.491 e. The van der Waals surface area contributed by atoms with Crippen LogP contribution in [0.15, 0.2) is 48.5 Å². The van der Waals surface area contributed by atoms with E-state index in [1.807, 2.05) is 50.2 Å². The van der Waals surface area contributed by atoms with Gasteiger partial charge < -0.3 is 19.5 Å². The fraction of sp³-hybridized carbons (Fsp3) is 0.381. The van der Waals surface area contributed by atoms with Crippen LogP contribution < -0.4 is 9.47 Å². The lowest BCUT2D eigenvalue weighted by Gasteiger charge is -2.24. The minimum Gasteiger partial charge on any atom is -0.491 e. The van der Waals surface area contributed by atoms with Crippen molar-refractivity contribution in [3.05, 3.63) is 59.7 Å². The third-order valence-electron chi connectivity index (χ3n) is 4.03. The Kier molecular flexibility index (Phi) is 7.04. The number of aryl methyl sites for hydroxylation is 2. The zero-order chi connectivity index (χ0) is 19.1. The highest BCUT2D eigenvalue weighted by Gasteiger charge is 2.21.